The van der Waals surface area contributed by atoms with Gasteiger partial charge in [0.15, 0.2) is 0 Å². The monoisotopic (exact) mass is 275 g/mol. The summed E-state index contributed by atoms with van der Waals surface area (Å²) in [6, 6.07) is 11.2. The highest BCUT2D eigenvalue weighted by Crippen LogP contribution is 2.16. The molecule has 3 nitrogen and oxygen atoms in total. The van der Waals surface area contributed by atoms with Crippen LogP contribution in [0.1, 0.15) is 16.8 Å². The number of rotatable bonds is 5. The molecule has 1 aromatic carbocycles. The van der Waals surface area contributed by atoms with Crippen molar-refractivity contribution in [2.24, 2.45) is 0 Å². The van der Waals surface area contributed by atoms with Crippen molar-refractivity contribution >= 4 is 17.9 Å². The fourth-order valence-corrected chi connectivity index (χ4v) is 2.04. The maximum absolute atomic E-state index is 10.4. The van der Waals surface area contributed by atoms with E-state index in [2.05, 4.69) is 4.98 Å². The summed E-state index contributed by atoms with van der Waals surface area (Å²) in [5.74, 6) is 0.764. The predicted molar refractivity (Wildman–Crippen MR) is 74.5 cm³/mol. The Balaban J connectivity index is 1.99. The van der Waals surface area contributed by atoms with Gasteiger partial charge in [-0.25, -0.2) is 4.98 Å². The van der Waals surface area contributed by atoms with E-state index in [1.165, 1.54) is 0 Å². The van der Waals surface area contributed by atoms with E-state index in [1.807, 2.05) is 37.3 Å². The molecule has 2 aromatic rings. The number of hydrogen-bond acceptors (Lipinski definition) is 3. The van der Waals surface area contributed by atoms with Crippen LogP contribution in [0.15, 0.2) is 36.4 Å². The van der Waals surface area contributed by atoms with Crippen LogP contribution in [0.4, 0.5) is 0 Å². The molecule has 1 aromatic heterocycles. The summed E-state index contributed by atoms with van der Waals surface area (Å²) < 4.78 is 5.66. The summed E-state index contributed by atoms with van der Waals surface area (Å²) in [5, 5.41) is 0.472. The van der Waals surface area contributed by atoms with Gasteiger partial charge in [-0.2, -0.15) is 0 Å². The Kier molecular flexibility index (Phi) is 4.53. The van der Waals surface area contributed by atoms with Crippen molar-refractivity contribution in [3.63, 3.8) is 0 Å². The highest BCUT2D eigenvalue weighted by atomic mass is 35.5. The molecule has 0 N–H and O–H groups in total. The zero-order valence-corrected chi connectivity index (χ0v) is 11.4. The first-order valence-corrected chi connectivity index (χ1v) is 6.33. The molecule has 2 rings (SSSR count). The van der Waals surface area contributed by atoms with Gasteiger partial charge < -0.3 is 9.53 Å². The molecule has 0 saturated heterocycles. The van der Waals surface area contributed by atoms with E-state index in [9.17, 15) is 4.79 Å². The van der Waals surface area contributed by atoms with Crippen LogP contribution in [-0.2, 0) is 17.8 Å². The van der Waals surface area contributed by atoms with Gasteiger partial charge in [0.1, 0.15) is 23.8 Å². The Morgan fingerprint density at radius 2 is 1.95 bits per heavy atom. The number of nitrogens with zero attached hydrogens (tertiary/aromatic N) is 1. The van der Waals surface area contributed by atoms with Crippen LogP contribution < -0.4 is 4.74 Å². The number of pyridine rings is 1. The third-order valence-corrected chi connectivity index (χ3v) is 2.82. The minimum Gasteiger partial charge on any atom is -0.489 e. The topological polar surface area (TPSA) is 39.2 Å². The number of hydrogen-bond donors (Lipinski definition) is 0. The number of aldehydes is 1. The number of carbonyl (C=O) groups is 1. The summed E-state index contributed by atoms with van der Waals surface area (Å²) in [6.45, 7) is 2.33. The lowest BCUT2D eigenvalue weighted by atomic mass is 10.2. The quantitative estimate of drug-likeness (QED) is 0.620. The molecule has 0 saturated carbocycles. The minimum absolute atomic E-state index is 0.430. The number of aryl methyl sites for hydroxylation is 1. The fraction of sp³-hybridized carbons (Fsp3) is 0.200. The molecular weight excluding hydrogens is 262 g/mol. The van der Waals surface area contributed by atoms with Gasteiger partial charge in [-0.1, -0.05) is 23.7 Å². The summed E-state index contributed by atoms with van der Waals surface area (Å²) in [7, 11) is 0. The van der Waals surface area contributed by atoms with Crippen LogP contribution in [0, 0.1) is 6.92 Å². The summed E-state index contributed by atoms with van der Waals surface area (Å²) in [6.07, 6.45) is 1.32. The Hall–Kier alpha value is -1.87. The second-order valence-electron chi connectivity index (χ2n) is 4.24. The molecule has 0 amide bonds. The highest BCUT2D eigenvalue weighted by molar-refractivity contribution is 6.29. The van der Waals surface area contributed by atoms with Crippen molar-refractivity contribution in [2.45, 2.75) is 20.0 Å². The van der Waals surface area contributed by atoms with E-state index >= 15 is 0 Å². The first kappa shape index (κ1) is 13.6. The lowest BCUT2D eigenvalue weighted by molar-refractivity contribution is -0.107. The first-order chi connectivity index (χ1) is 9.17. The number of carbonyl (C=O) groups excluding carboxylic acids is 1. The molecule has 0 aliphatic heterocycles. The molecule has 0 bridgehead atoms. The SMILES string of the molecule is Cc1cc(COc2ccc(CC=O)cc2)cc(Cl)n1. The van der Waals surface area contributed by atoms with Crippen molar-refractivity contribution in [1.29, 1.82) is 0 Å². The molecule has 0 radical (unpaired) electrons. The number of halogens is 1. The maximum atomic E-state index is 10.4. The smallest absolute Gasteiger partial charge is 0.129 e. The van der Waals surface area contributed by atoms with Gasteiger partial charge in [-0.3, -0.25) is 0 Å². The molecule has 0 atom stereocenters. The van der Waals surface area contributed by atoms with Crippen LogP contribution >= 0.6 is 11.6 Å². The van der Waals surface area contributed by atoms with Gasteiger partial charge in [0.2, 0.25) is 0 Å². The van der Waals surface area contributed by atoms with E-state index in [4.69, 9.17) is 16.3 Å². The Labute approximate surface area is 117 Å². The molecule has 98 valence electrons. The van der Waals surface area contributed by atoms with E-state index in [-0.39, 0.29) is 0 Å². The normalized spacial score (nSPS) is 10.2. The number of ether oxygens (including phenoxy) is 1. The molecular formula is C15H14ClNO2. The van der Waals surface area contributed by atoms with Crippen molar-refractivity contribution in [2.75, 3.05) is 0 Å². The Morgan fingerprint density at radius 1 is 1.21 bits per heavy atom. The molecule has 4 heteroatoms. The minimum atomic E-state index is 0.430. The maximum Gasteiger partial charge on any atom is 0.129 e. The lowest BCUT2D eigenvalue weighted by Crippen LogP contribution is -1.97. The van der Waals surface area contributed by atoms with Crippen molar-refractivity contribution < 1.29 is 9.53 Å². The van der Waals surface area contributed by atoms with Gasteiger partial charge in [0.25, 0.3) is 0 Å². The van der Waals surface area contributed by atoms with Gasteiger partial charge in [-0.15, -0.1) is 0 Å². The van der Waals surface area contributed by atoms with Crippen LogP contribution in [0.5, 0.6) is 5.75 Å². The second kappa shape index (κ2) is 6.34. The Bertz CT molecular complexity index is 547. The van der Waals surface area contributed by atoms with Crippen LogP contribution in [-0.4, -0.2) is 11.3 Å². The summed E-state index contributed by atoms with van der Waals surface area (Å²) in [5.41, 5.74) is 2.83. The van der Waals surface area contributed by atoms with Gasteiger partial charge in [0, 0.05) is 12.1 Å². The zero-order chi connectivity index (χ0) is 13.7. The zero-order valence-electron chi connectivity index (χ0n) is 10.6. The van der Waals surface area contributed by atoms with Crippen molar-refractivity contribution in [1.82, 2.24) is 4.98 Å². The predicted octanol–water partition coefficient (Wildman–Crippen LogP) is 3.36. The fourth-order valence-electron chi connectivity index (χ4n) is 1.76. The summed E-state index contributed by atoms with van der Waals surface area (Å²) >= 11 is 5.89. The van der Waals surface area contributed by atoms with Crippen molar-refractivity contribution in [3.05, 3.63) is 58.4 Å². The molecule has 1 heterocycles. The molecule has 0 fully saturated rings. The van der Waals surface area contributed by atoms with Crippen LogP contribution in [0.3, 0.4) is 0 Å². The van der Waals surface area contributed by atoms with Gasteiger partial charge in [-0.05, 0) is 42.3 Å². The average molecular weight is 276 g/mol. The largest absolute Gasteiger partial charge is 0.489 e. The van der Waals surface area contributed by atoms with Gasteiger partial charge >= 0.3 is 0 Å². The second-order valence-corrected chi connectivity index (χ2v) is 4.63. The molecule has 0 spiro atoms. The third kappa shape index (κ3) is 4.07. The first-order valence-electron chi connectivity index (χ1n) is 5.96. The average Bonchev–Trinajstić information content (AvgIpc) is 2.37. The van der Waals surface area contributed by atoms with Crippen LogP contribution in [0.25, 0.3) is 0 Å². The van der Waals surface area contributed by atoms with E-state index < -0.39 is 0 Å². The molecule has 0 aliphatic rings. The van der Waals surface area contributed by atoms with E-state index in [0.717, 1.165) is 28.9 Å². The molecule has 19 heavy (non-hydrogen) atoms. The van der Waals surface area contributed by atoms with Crippen molar-refractivity contribution in [3.8, 4) is 5.75 Å². The Morgan fingerprint density at radius 3 is 2.58 bits per heavy atom. The highest BCUT2D eigenvalue weighted by Gasteiger charge is 2.00. The van der Waals surface area contributed by atoms with E-state index in [1.54, 1.807) is 6.07 Å². The lowest BCUT2D eigenvalue weighted by Gasteiger charge is -2.07. The van der Waals surface area contributed by atoms with E-state index in [0.29, 0.717) is 18.2 Å². The third-order valence-electron chi connectivity index (χ3n) is 2.63. The van der Waals surface area contributed by atoms with Crippen LogP contribution in [0.2, 0.25) is 5.15 Å². The molecule has 0 unspecified atom stereocenters. The van der Waals surface area contributed by atoms with Gasteiger partial charge in [0.05, 0.1) is 0 Å². The molecule has 0 aliphatic carbocycles. The summed E-state index contributed by atoms with van der Waals surface area (Å²) in [4.78, 5) is 14.5. The number of benzene rings is 1. The standard InChI is InChI=1S/C15H14ClNO2/c1-11-8-13(9-15(16)17-11)10-19-14-4-2-12(3-5-14)6-7-18/h2-5,7-9H,6,10H2,1H3. The number of aromatic nitrogens is 1.